The summed E-state index contributed by atoms with van der Waals surface area (Å²) in [5.41, 5.74) is 8.79. The van der Waals surface area contributed by atoms with Crippen molar-refractivity contribution in [3.63, 3.8) is 0 Å². The Bertz CT molecular complexity index is 1480. The number of nitrogens with two attached hydrogens (primary N) is 1. The predicted molar refractivity (Wildman–Crippen MR) is 145 cm³/mol. The van der Waals surface area contributed by atoms with Crippen molar-refractivity contribution in [1.29, 1.82) is 0 Å². The fourth-order valence-electron chi connectivity index (χ4n) is 4.72. The molecule has 1 fully saturated rings. The molecule has 5 N–H and O–H groups in total. The van der Waals surface area contributed by atoms with E-state index in [1.165, 1.54) is 24.3 Å². The fraction of sp³-hybridized carbons (Fsp3) is 0.286. The molecule has 10 heteroatoms. The average Bonchev–Trinajstić information content (AvgIpc) is 3.29. The van der Waals surface area contributed by atoms with Crippen LogP contribution in [-0.4, -0.2) is 47.9 Å². The Balaban J connectivity index is 1.33. The normalized spacial score (nSPS) is 14.5. The standard InChI is InChI=1S/C28H30F2N6O2/c1-16-3-6-20(29)23(13-16)33-28(37)32-22-7-4-18(14-21(22)30)19-5-8-24(26-25(19)27(31)35-34-26)38-15-17-9-11-36(2)12-10-17/h3-8,13-14,17H,9-12,15H2,1-2H3,(H3,31,34,35)(H2,32,33,37). The second-order valence-electron chi connectivity index (χ2n) is 9.78. The van der Waals surface area contributed by atoms with Crippen LogP contribution in [0.3, 0.4) is 0 Å². The molecule has 1 saturated heterocycles. The van der Waals surface area contributed by atoms with Crippen LogP contribution >= 0.6 is 0 Å². The van der Waals surface area contributed by atoms with Crippen molar-refractivity contribution < 1.29 is 18.3 Å². The van der Waals surface area contributed by atoms with Gasteiger partial charge in [0.2, 0.25) is 0 Å². The molecule has 0 radical (unpaired) electrons. The van der Waals surface area contributed by atoms with Gasteiger partial charge in [-0.15, -0.1) is 0 Å². The van der Waals surface area contributed by atoms with E-state index in [1.807, 2.05) is 12.1 Å². The maximum atomic E-state index is 15.0. The van der Waals surface area contributed by atoms with Crippen LogP contribution in [0.4, 0.5) is 30.8 Å². The Morgan fingerprint density at radius 2 is 1.84 bits per heavy atom. The van der Waals surface area contributed by atoms with Crippen LogP contribution in [0.5, 0.6) is 5.75 Å². The molecule has 0 spiro atoms. The van der Waals surface area contributed by atoms with Crippen LogP contribution in [0, 0.1) is 24.5 Å². The van der Waals surface area contributed by atoms with E-state index in [0.717, 1.165) is 31.5 Å². The third-order valence-electron chi connectivity index (χ3n) is 6.92. The summed E-state index contributed by atoms with van der Waals surface area (Å²) in [5.74, 6) is 0.171. The molecular formula is C28H30F2N6O2. The molecule has 1 aliphatic rings. The van der Waals surface area contributed by atoms with Crippen LogP contribution in [-0.2, 0) is 0 Å². The number of nitrogens with zero attached hydrogens (tertiary/aromatic N) is 2. The second kappa shape index (κ2) is 10.7. The number of urea groups is 1. The lowest BCUT2D eigenvalue weighted by Crippen LogP contribution is -2.32. The molecule has 3 aromatic carbocycles. The Morgan fingerprint density at radius 3 is 2.61 bits per heavy atom. The van der Waals surface area contributed by atoms with Gasteiger partial charge in [0.15, 0.2) is 5.82 Å². The maximum absolute atomic E-state index is 15.0. The van der Waals surface area contributed by atoms with Gasteiger partial charge >= 0.3 is 6.03 Å². The molecule has 198 valence electrons. The molecule has 8 nitrogen and oxygen atoms in total. The number of hydrogen-bond acceptors (Lipinski definition) is 5. The van der Waals surface area contributed by atoms with Crippen LogP contribution in [0.15, 0.2) is 48.5 Å². The maximum Gasteiger partial charge on any atom is 0.323 e. The highest BCUT2D eigenvalue weighted by molar-refractivity contribution is 6.05. The molecule has 1 aromatic heterocycles. The number of aromatic amines is 1. The third-order valence-corrected chi connectivity index (χ3v) is 6.92. The lowest BCUT2D eigenvalue weighted by molar-refractivity contribution is 0.161. The lowest BCUT2D eigenvalue weighted by atomic mass is 9.98. The number of nitrogens with one attached hydrogen (secondary N) is 3. The van der Waals surface area contributed by atoms with Gasteiger partial charge in [0.1, 0.15) is 22.9 Å². The highest BCUT2D eigenvalue weighted by Gasteiger charge is 2.20. The van der Waals surface area contributed by atoms with E-state index in [2.05, 4.69) is 32.8 Å². The third kappa shape index (κ3) is 5.40. The number of fused-ring (bicyclic) bond motifs is 1. The van der Waals surface area contributed by atoms with Crippen molar-refractivity contribution in [2.24, 2.45) is 5.92 Å². The molecule has 38 heavy (non-hydrogen) atoms. The molecule has 1 aliphatic heterocycles. The summed E-state index contributed by atoms with van der Waals surface area (Å²) in [7, 11) is 2.12. The number of halogens is 2. The van der Waals surface area contributed by atoms with E-state index < -0.39 is 17.7 Å². The van der Waals surface area contributed by atoms with Gasteiger partial charge in [-0.1, -0.05) is 12.1 Å². The van der Waals surface area contributed by atoms with Crippen molar-refractivity contribution in [2.75, 3.05) is 43.1 Å². The van der Waals surface area contributed by atoms with E-state index in [9.17, 15) is 9.18 Å². The van der Waals surface area contributed by atoms with Gasteiger partial charge in [0.05, 0.1) is 23.4 Å². The van der Waals surface area contributed by atoms with Crippen LogP contribution in [0.25, 0.3) is 22.0 Å². The topological polar surface area (TPSA) is 108 Å². The van der Waals surface area contributed by atoms with E-state index >= 15 is 4.39 Å². The number of ether oxygens (including phenoxy) is 1. The number of anilines is 3. The SMILES string of the molecule is Cc1ccc(F)c(NC(=O)Nc2ccc(-c3ccc(OCC4CCN(C)CC4)c4[nH]nc(N)c34)cc2F)c1. The zero-order chi connectivity index (χ0) is 26.8. The Morgan fingerprint density at radius 1 is 1.08 bits per heavy atom. The Kier molecular flexibility index (Phi) is 7.15. The van der Waals surface area contributed by atoms with E-state index in [0.29, 0.717) is 40.3 Å². The minimum Gasteiger partial charge on any atom is -0.491 e. The number of hydrogen-bond donors (Lipinski definition) is 4. The largest absolute Gasteiger partial charge is 0.491 e. The smallest absolute Gasteiger partial charge is 0.323 e. The number of likely N-dealkylation sites (tertiary alicyclic amines) is 1. The highest BCUT2D eigenvalue weighted by atomic mass is 19.1. The summed E-state index contributed by atoms with van der Waals surface area (Å²) in [6, 6.07) is 11.7. The number of aryl methyl sites for hydroxylation is 1. The van der Waals surface area contributed by atoms with Crippen molar-refractivity contribution in [3.8, 4) is 16.9 Å². The molecule has 2 heterocycles. The first-order valence-corrected chi connectivity index (χ1v) is 12.5. The molecule has 0 aliphatic carbocycles. The highest BCUT2D eigenvalue weighted by Crippen LogP contribution is 2.37. The fourth-order valence-corrected chi connectivity index (χ4v) is 4.72. The number of piperidine rings is 1. The average molecular weight is 521 g/mol. The van der Waals surface area contributed by atoms with Crippen LogP contribution < -0.4 is 21.1 Å². The summed E-state index contributed by atoms with van der Waals surface area (Å²) in [6.07, 6.45) is 2.17. The van der Waals surface area contributed by atoms with Crippen molar-refractivity contribution in [3.05, 3.63) is 65.7 Å². The minimum absolute atomic E-state index is 0.00971. The van der Waals surface area contributed by atoms with Crippen molar-refractivity contribution >= 4 is 34.1 Å². The zero-order valence-electron chi connectivity index (χ0n) is 21.3. The molecule has 0 saturated carbocycles. The summed E-state index contributed by atoms with van der Waals surface area (Å²) in [5, 5.41) is 12.6. The summed E-state index contributed by atoms with van der Waals surface area (Å²) < 4.78 is 35.2. The monoisotopic (exact) mass is 520 g/mol. The zero-order valence-corrected chi connectivity index (χ0v) is 21.3. The first kappa shape index (κ1) is 25.5. The lowest BCUT2D eigenvalue weighted by Gasteiger charge is -2.28. The second-order valence-corrected chi connectivity index (χ2v) is 9.78. The molecule has 0 unspecified atom stereocenters. The van der Waals surface area contributed by atoms with Crippen molar-refractivity contribution in [2.45, 2.75) is 19.8 Å². The quantitative estimate of drug-likeness (QED) is 0.258. The number of aromatic nitrogens is 2. The number of H-pyrrole nitrogens is 1. The first-order chi connectivity index (χ1) is 18.3. The Hall–Kier alpha value is -4.18. The summed E-state index contributed by atoms with van der Waals surface area (Å²) in [6.45, 7) is 4.49. The molecule has 5 rings (SSSR count). The number of nitrogen functional groups attached to an aromatic ring is 1. The van der Waals surface area contributed by atoms with Gasteiger partial charge < -0.3 is 26.0 Å². The summed E-state index contributed by atoms with van der Waals surface area (Å²) >= 11 is 0. The number of benzene rings is 3. The van der Waals surface area contributed by atoms with Gasteiger partial charge in [0.25, 0.3) is 0 Å². The van der Waals surface area contributed by atoms with Gasteiger partial charge in [-0.2, -0.15) is 5.10 Å². The van der Waals surface area contributed by atoms with Gasteiger partial charge in [-0.3, -0.25) is 5.10 Å². The van der Waals surface area contributed by atoms with Gasteiger partial charge in [-0.05, 0) is 98.9 Å². The molecular weight excluding hydrogens is 490 g/mol. The first-order valence-electron chi connectivity index (χ1n) is 12.5. The molecule has 4 aromatic rings. The van der Waals surface area contributed by atoms with E-state index in [-0.39, 0.29) is 17.2 Å². The number of carbonyl (C=O) groups excluding carboxylic acids is 1. The van der Waals surface area contributed by atoms with Crippen LogP contribution in [0.1, 0.15) is 18.4 Å². The van der Waals surface area contributed by atoms with E-state index in [1.54, 1.807) is 19.1 Å². The summed E-state index contributed by atoms with van der Waals surface area (Å²) in [4.78, 5) is 14.7. The minimum atomic E-state index is -0.756. The molecule has 2 amide bonds. The predicted octanol–water partition coefficient (Wildman–Crippen LogP) is 5.76. The van der Waals surface area contributed by atoms with Gasteiger partial charge in [0, 0.05) is 0 Å². The van der Waals surface area contributed by atoms with Crippen LogP contribution in [0.2, 0.25) is 0 Å². The number of carbonyl (C=O) groups is 1. The molecule has 0 bridgehead atoms. The van der Waals surface area contributed by atoms with E-state index in [4.69, 9.17) is 10.5 Å². The van der Waals surface area contributed by atoms with Crippen molar-refractivity contribution in [1.82, 2.24) is 15.1 Å². The number of amides is 2. The number of rotatable bonds is 6. The molecule has 0 atom stereocenters. The Labute approximate surface area is 219 Å². The van der Waals surface area contributed by atoms with Gasteiger partial charge in [-0.25, -0.2) is 13.6 Å².